The van der Waals surface area contributed by atoms with Crippen LogP contribution in [0.4, 0.5) is 4.39 Å². The number of ether oxygens (including phenoxy) is 1. The Hall–Kier alpha value is -0.880. The molecule has 1 aromatic carbocycles. The molecule has 1 heterocycles. The van der Waals surface area contributed by atoms with Gasteiger partial charge in [-0.15, -0.1) is 0 Å². The molecule has 0 aliphatic carbocycles. The summed E-state index contributed by atoms with van der Waals surface area (Å²) in [7, 11) is 0. The predicted octanol–water partition coefficient (Wildman–Crippen LogP) is 2.84. The highest BCUT2D eigenvalue weighted by Gasteiger charge is 2.36. The van der Waals surface area contributed by atoms with Crippen LogP contribution in [0.3, 0.4) is 0 Å². The predicted molar refractivity (Wildman–Crippen MR) is 90.6 cm³/mol. The van der Waals surface area contributed by atoms with Crippen molar-refractivity contribution in [3.05, 3.63) is 28.5 Å². The third-order valence-corrected chi connectivity index (χ3v) is 4.57. The van der Waals surface area contributed by atoms with E-state index in [1.807, 2.05) is 13.8 Å². The lowest BCUT2D eigenvalue weighted by atomic mass is 9.79. The Morgan fingerprint density at radius 3 is 2.57 bits per heavy atom. The van der Waals surface area contributed by atoms with Crippen LogP contribution < -0.4 is 10.1 Å². The fraction of sp³-hybridized carbons (Fsp3) is 0.647. The van der Waals surface area contributed by atoms with E-state index in [1.54, 1.807) is 13.0 Å². The summed E-state index contributed by atoms with van der Waals surface area (Å²) in [4.78, 5) is 2.28. The molecule has 1 saturated heterocycles. The topological polar surface area (TPSA) is 44.7 Å². The summed E-state index contributed by atoms with van der Waals surface area (Å²) in [5, 5.41) is 13.4. The first-order valence-corrected chi connectivity index (χ1v) is 8.46. The van der Waals surface area contributed by atoms with Crippen LogP contribution in [-0.2, 0) is 0 Å². The van der Waals surface area contributed by atoms with Gasteiger partial charge in [-0.2, -0.15) is 0 Å². The average Bonchev–Trinajstić information content (AvgIpc) is 2.52. The second-order valence-corrected chi connectivity index (χ2v) is 6.99. The second-order valence-electron chi connectivity index (χ2n) is 6.58. The fourth-order valence-corrected chi connectivity index (χ4v) is 3.47. The Balaban J connectivity index is 2.42. The maximum Gasteiger partial charge on any atom is 0.173 e. The summed E-state index contributed by atoms with van der Waals surface area (Å²) in [5.41, 5.74) is 0.358. The van der Waals surface area contributed by atoms with Crippen molar-refractivity contribution >= 4 is 11.6 Å². The molecule has 23 heavy (non-hydrogen) atoms. The molecule has 2 rings (SSSR count). The Kier molecular flexibility index (Phi) is 6.26. The van der Waals surface area contributed by atoms with E-state index in [2.05, 4.69) is 10.2 Å². The highest BCUT2D eigenvalue weighted by Crippen LogP contribution is 2.41. The van der Waals surface area contributed by atoms with Crippen LogP contribution in [0.1, 0.15) is 32.4 Å². The van der Waals surface area contributed by atoms with Crippen LogP contribution in [0.2, 0.25) is 5.02 Å². The lowest BCUT2D eigenvalue weighted by Gasteiger charge is -2.43. The van der Waals surface area contributed by atoms with E-state index in [9.17, 15) is 9.50 Å². The minimum absolute atomic E-state index is 0.00798. The maximum absolute atomic E-state index is 14.4. The van der Waals surface area contributed by atoms with Crippen molar-refractivity contribution in [1.82, 2.24) is 10.2 Å². The molecule has 0 bridgehead atoms. The zero-order chi connectivity index (χ0) is 17.0. The fourth-order valence-electron chi connectivity index (χ4n) is 3.20. The number of aliphatic hydroxyl groups excluding tert-OH is 1. The van der Waals surface area contributed by atoms with Gasteiger partial charge >= 0.3 is 0 Å². The van der Waals surface area contributed by atoms with Gasteiger partial charge in [0.25, 0.3) is 0 Å². The van der Waals surface area contributed by atoms with Crippen LogP contribution in [0.5, 0.6) is 5.75 Å². The second kappa shape index (κ2) is 7.79. The maximum atomic E-state index is 14.4. The molecule has 0 amide bonds. The molecule has 1 fully saturated rings. The number of aliphatic hydroxyl groups is 1. The summed E-state index contributed by atoms with van der Waals surface area (Å²) in [6.45, 7) is 9.59. The molecule has 0 radical (unpaired) electrons. The van der Waals surface area contributed by atoms with E-state index in [0.717, 1.165) is 31.7 Å². The number of benzene rings is 1. The number of nitrogens with one attached hydrogen (secondary N) is 1. The molecule has 0 spiro atoms. The molecule has 1 aliphatic heterocycles. The highest BCUT2D eigenvalue weighted by atomic mass is 35.5. The van der Waals surface area contributed by atoms with Crippen molar-refractivity contribution in [3.8, 4) is 5.75 Å². The smallest absolute Gasteiger partial charge is 0.173 e. The largest absolute Gasteiger partial charge is 0.489 e. The normalized spacial score (nSPS) is 18.0. The summed E-state index contributed by atoms with van der Waals surface area (Å²) >= 11 is 6.23. The van der Waals surface area contributed by atoms with E-state index < -0.39 is 11.2 Å². The first kappa shape index (κ1) is 18.5. The van der Waals surface area contributed by atoms with Gasteiger partial charge in [0.15, 0.2) is 11.6 Å². The molecule has 6 heteroatoms. The molecule has 2 N–H and O–H groups in total. The summed E-state index contributed by atoms with van der Waals surface area (Å²) in [6.07, 6.45) is 0. The van der Waals surface area contributed by atoms with Gasteiger partial charge in [-0.1, -0.05) is 25.4 Å². The zero-order valence-corrected chi connectivity index (χ0v) is 14.8. The van der Waals surface area contributed by atoms with E-state index in [0.29, 0.717) is 6.61 Å². The quantitative estimate of drug-likeness (QED) is 0.833. The monoisotopic (exact) mass is 344 g/mol. The molecule has 1 aromatic rings. The van der Waals surface area contributed by atoms with Crippen molar-refractivity contribution in [3.63, 3.8) is 0 Å². The first-order chi connectivity index (χ1) is 10.9. The van der Waals surface area contributed by atoms with Crippen LogP contribution in [0.25, 0.3) is 0 Å². The molecular formula is C17H26ClFN2O2. The van der Waals surface area contributed by atoms with E-state index in [4.69, 9.17) is 16.3 Å². The van der Waals surface area contributed by atoms with E-state index in [1.165, 1.54) is 6.07 Å². The number of halogens is 2. The van der Waals surface area contributed by atoms with Gasteiger partial charge in [0.05, 0.1) is 11.6 Å². The average molecular weight is 345 g/mol. The molecule has 4 nitrogen and oxygen atoms in total. The Labute approximate surface area is 142 Å². The van der Waals surface area contributed by atoms with Gasteiger partial charge in [0.1, 0.15) is 0 Å². The molecule has 1 aliphatic rings. The van der Waals surface area contributed by atoms with E-state index in [-0.39, 0.29) is 23.4 Å². The van der Waals surface area contributed by atoms with Crippen molar-refractivity contribution in [2.45, 2.75) is 26.8 Å². The first-order valence-electron chi connectivity index (χ1n) is 8.08. The molecule has 0 unspecified atom stereocenters. The number of nitrogens with zero attached hydrogens (tertiary/aromatic N) is 1. The molecule has 0 aromatic heterocycles. The number of hydrogen-bond donors (Lipinski definition) is 2. The Morgan fingerprint density at radius 2 is 2.04 bits per heavy atom. The van der Waals surface area contributed by atoms with Crippen LogP contribution in [-0.4, -0.2) is 49.4 Å². The minimum atomic E-state index is -0.455. The standard InChI is InChI=1S/C17H26ClFN2O2/c1-4-23-15-13(18)9-12(10-14(15)19)16(17(2,3)11-22)21-7-5-20-6-8-21/h9-10,16,20,22H,4-8,11H2,1-3H3/t16-/m1/s1. The molecule has 0 saturated carbocycles. The third-order valence-electron chi connectivity index (χ3n) is 4.29. The summed E-state index contributed by atoms with van der Waals surface area (Å²) < 4.78 is 19.7. The number of hydrogen-bond acceptors (Lipinski definition) is 4. The van der Waals surface area contributed by atoms with Gasteiger partial charge in [0.2, 0.25) is 0 Å². The zero-order valence-electron chi connectivity index (χ0n) is 14.0. The Bertz CT molecular complexity index is 510. The minimum Gasteiger partial charge on any atom is -0.489 e. The van der Waals surface area contributed by atoms with Crippen LogP contribution in [0.15, 0.2) is 12.1 Å². The summed E-state index contributed by atoms with van der Waals surface area (Å²) in [6, 6.07) is 3.14. The van der Waals surface area contributed by atoms with E-state index >= 15 is 0 Å². The molecule has 130 valence electrons. The highest BCUT2D eigenvalue weighted by molar-refractivity contribution is 6.32. The van der Waals surface area contributed by atoms with Crippen molar-refractivity contribution in [1.29, 1.82) is 0 Å². The van der Waals surface area contributed by atoms with Crippen LogP contribution >= 0.6 is 11.6 Å². The molecular weight excluding hydrogens is 319 g/mol. The third kappa shape index (κ3) is 4.15. The van der Waals surface area contributed by atoms with Gasteiger partial charge in [-0.25, -0.2) is 4.39 Å². The van der Waals surface area contributed by atoms with Crippen molar-refractivity contribution < 1.29 is 14.2 Å². The van der Waals surface area contributed by atoms with Crippen LogP contribution in [0, 0.1) is 11.2 Å². The van der Waals surface area contributed by atoms with Crippen molar-refractivity contribution in [2.75, 3.05) is 39.4 Å². The lowest BCUT2D eigenvalue weighted by Crippen LogP contribution is -2.49. The van der Waals surface area contributed by atoms with Crippen molar-refractivity contribution in [2.24, 2.45) is 5.41 Å². The number of rotatable bonds is 6. The SMILES string of the molecule is CCOc1c(F)cc([C@@H](N2CCNCC2)C(C)(C)CO)cc1Cl. The summed E-state index contributed by atoms with van der Waals surface area (Å²) in [5.74, 6) is -0.359. The lowest BCUT2D eigenvalue weighted by molar-refractivity contribution is 0.0303. The van der Waals surface area contributed by atoms with Gasteiger partial charge < -0.3 is 15.2 Å². The van der Waals surface area contributed by atoms with Gasteiger partial charge in [-0.05, 0) is 24.6 Å². The Morgan fingerprint density at radius 1 is 1.39 bits per heavy atom. The number of piperazine rings is 1. The van der Waals surface area contributed by atoms with Gasteiger partial charge in [-0.3, -0.25) is 4.90 Å². The molecule has 1 atom stereocenters. The van der Waals surface area contributed by atoms with Gasteiger partial charge in [0, 0.05) is 44.2 Å².